The van der Waals surface area contributed by atoms with Crippen molar-refractivity contribution in [2.45, 2.75) is 26.8 Å². The molecule has 1 aliphatic rings. The molecule has 0 N–H and O–H groups in total. The monoisotopic (exact) mass is 484 g/mol. The summed E-state index contributed by atoms with van der Waals surface area (Å²) < 4.78 is 18.3. The number of aromatic nitrogens is 1. The summed E-state index contributed by atoms with van der Waals surface area (Å²) in [5.41, 5.74) is 2.44. The van der Waals surface area contributed by atoms with Gasteiger partial charge in [0, 0.05) is 4.88 Å². The molecule has 2 aromatic heterocycles. The predicted molar refractivity (Wildman–Crippen MR) is 129 cm³/mol. The molecule has 0 amide bonds. The minimum absolute atomic E-state index is 0.208. The van der Waals surface area contributed by atoms with Crippen molar-refractivity contribution in [3.8, 4) is 11.5 Å². The molecule has 0 saturated heterocycles. The molecule has 0 radical (unpaired) electrons. The molecule has 3 aromatic rings. The standard InChI is InChI=1S/C24H24N2O5S2/c1-6-31-23(28)20-14(3)25-24-26(21(20)15-7-8-16(29-4)17(11-15)30-5)22(27)19(33-24)12-18-13(2)9-10-32-18/h7-12,21H,6H2,1-5H3/b19-12-/t21-/m1/s1. The fourth-order valence-electron chi connectivity index (χ4n) is 3.78. The number of allylic oxidation sites excluding steroid dienone is 1. The highest BCUT2D eigenvalue weighted by Gasteiger charge is 2.33. The Morgan fingerprint density at radius 1 is 1.18 bits per heavy atom. The van der Waals surface area contributed by atoms with Gasteiger partial charge in [-0.05, 0) is 61.6 Å². The van der Waals surface area contributed by atoms with Gasteiger partial charge in [0.25, 0.3) is 5.56 Å². The summed E-state index contributed by atoms with van der Waals surface area (Å²) in [5.74, 6) is 0.561. The van der Waals surface area contributed by atoms with Crippen molar-refractivity contribution in [2.75, 3.05) is 20.8 Å². The first-order chi connectivity index (χ1) is 15.9. The first-order valence-corrected chi connectivity index (χ1v) is 12.0. The number of hydrogen-bond acceptors (Lipinski definition) is 8. The third-order valence-electron chi connectivity index (χ3n) is 5.40. The molecule has 0 bridgehead atoms. The zero-order valence-corrected chi connectivity index (χ0v) is 20.6. The third kappa shape index (κ3) is 4.14. The molecule has 0 fully saturated rings. The maximum absolute atomic E-state index is 13.6. The highest BCUT2D eigenvalue weighted by Crippen LogP contribution is 2.36. The molecule has 4 rings (SSSR count). The number of rotatable bonds is 6. The lowest BCUT2D eigenvalue weighted by Gasteiger charge is -2.25. The van der Waals surface area contributed by atoms with Crippen molar-refractivity contribution in [2.24, 2.45) is 4.99 Å². The molecule has 9 heteroatoms. The van der Waals surface area contributed by atoms with Gasteiger partial charge in [0.1, 0.15) is 0 Å². The van der Waals surface area contributed by atoms with Crippen LogP contribution in [0.25, 0.3) is 6.08 Å². The van der Waals surface area contributed by atoms with Gasteiger partial charge in [0.05, 0.1) is 42.7 Å². The second-order valence-corrected chi connectivity index (χ2v) is 9.34. The second kappa shape index (κ2) is 9.36. The fourth-order valence-corrected chi connectivity index (χ4v) is 5.74. The SMILES string of the molecule is CCOC(=O)C1=C(C)N=c2s/c(=C\c3sccc3C)c(=O)n2[C@@H]1c1ccc(OC)c(OC)c1. The van der Waals surface area contributed by atoms with Crippen LogP contribution in [-0.4, -0.2) is 31.4 Å². The Labute approximate surface area is 198 Å². The Morgan fingerprint density at radius 3 is 2.58 bits per heavy atom. The zero-order valence-electron chi connectivity index (χ0n) is 19.0. The van der Waals surface area contributed by atoms with Crippen molar-refractivity contribution >= 4 is 34.7 Å². The number of aryl methyl sites for hydroxylation is 1. The molecular formula is C24H24N2O5S2. The van der Waals surface area contributed by atoms with Crippen LogP contribution in [0.2, 0.25) is 0 Å². The van der Waals surface area contributed by atoms with Gasteiger partial charge < -0.3 is 14.2 Å². The molecule has 0 saturated carbocycles. The first kappa shape index (κ1) is 23.0. The molecule has 0 unspecified atom stereocenters. The summed E-state index contributed by atoms with van der Waals surface area (Å²) in [6, 6.07) is 6.68. The van der Waals surface area contributed by atoms with Crippen LogP contribution in [0.1, 0.15) is 35.9 Å². The predicted octanol–water partition coefficient (Wildman–Crippen LogP) is 3.19. The van der Waals surface area contributed by atoms with Crippen LogP contribution >= 0.6 is 22.7 Å². The zero-order chi connectivity index (χ0) is 23.7. The maximum atomic E-state index is 13.6. The lowest BCUT2D eigenvalue weighted by Crippen LogP contribution is -2.39. The third-order valence-corrected chi connectivity index (χ3v) is 7.35. The topological polar surface area (TPSA) is 79.1 Å². The average Bonchev–Trinajstić information content (AvgIpc) is 3.34. The summed E-state index contributed by atoms with van der Waals surface area (Å²) in [4.78, 5) is 32.7. The Balaban J connectivity index is 1.99. The van der Waals surface area contributed by atoms with Gasteiger partial charge in [-0.3, -0.25) is 9.36 Å². The van der Waals surface area contributed by atoms with Gasteiger partial charge in [-0.2, -0.15) is 0 Å². The molecule has 1 aliphatic heterocycles. The number of carbonyl (C=O) groups excluding carboxylic acids is 1. The van der Waals surface area contributed by atoms with Gasteiger partial charge in [-0.15, -0.1) is 11.3 Å². The van der Waals surface area contributed by atoms with E-state index in [1.54, 1.807) is 56.1 Å². The fraction of sp³-hybridized carbons (Fsp3) is 0.292. The highest BCUT2D eigenvalue weighted by molar-refractivity contribution is 7.11. The number of thiophene rings is 1. The molecule has 0 aliphatic carbocycles. The Morgan fingerprint density at radius 2 is 1.94 bits per heavy atom. The summed E-state index contributed by atoms with van der Waals surface area (Å²) in [6.07, 6.45) is 1.89. The number of ether oxygens (including phenoxy) is 3. The van der Waals surface area contributed by atoms with E-state index in [4.69, 9.17) is 14.2 Å². The number of carbonyl (C=O) groups is 1. The van der Waals surface area contributed by atoms with Gasteiger partial charge in [-0.1, -0.05) is 17.4 Å². The van der Waals surface area contributed by atoms with E-state index in [1.807, 2.05) is 30.5 Å². The number of methoxy groups -OCH3 is 2. The molecule has 3 heterocycles. The number of thiazole rings is 1. The van der Waals surface area contributed by atoms with E-state index in [0.29, 0.717) is 37.7 Å². The molecule has 0 spiro atoms. The van der Waals surface area contributed by atoms with Gasteiger partial charge in [-0.25, -0.2) is 9.79 Å². The number of nitrogens with zero attached hydrogens (tertiary/aromatic N) is 2. The molecule has 33 heavy (non-hydrogen) atoms. The molecule has 1 atom stereocenters. The number of benzene rings is 1. The van der Waals surface area contributed by atoms with Crippen LogP contribution in [0.3, 0.4) is 0 Å². The second-order valence-electron chi connectivity index (χ2n) is 7.38. The van der Waals surface area contributed by atoms with Gasteiger partial charge in [0.15, 0.2) is 16.3 Å². The van der Waals surface area contributed by atoms with Crippen LogP contribution in [0, 0.1) is 6.92 Å². The minimum Gasteiger partial charge on any atom is -0.493 e. The number of esters is 1. The van der Waals surface area contributed by atoms with Crippen LogP contribution in [0.4, 0.5) is 0 Å². The quantitative estimate of drug-likeness (QED) is 0.502. The molecule has 7 nitrogen and oxygen atoms in total. The van der Waals surface area contributed by atoms with E-state index in [0.717, 1.165) is 10.4 Å². The average molecular weight is 485 g/mol. The Bertz CT molecular complexity index is 1430. The van der Waals surface area contributed by atoms with Gasteiger partial charge in [0.2, 0.25) is 0 Å². The summed E-state index contributed by atoms with van der Waals surface area (Å²) in [6.45, 7) is 5.74. The van der Waals surface area contributed by atoms with Gasteiger partial charge >= 0.3 is 5.97 Å². The summed E-state index contributed by atoms with van der Waals surface area (Å²) in [5, 5.41) is 1.99. The molecular weight excluding hydrogens is 460 g/mol. The smallest absolute Gasteiger partial charge is 0.338 e. The Kier molecular flexibility index (Phi) is 6.53. The van der Waals surface area contributed by atoms with Crippen LogP contribution in [0.15, 0.2) is 50.7 Å². The normalized spacial score (nSPS) is 15.8. The van der Waals surface area contributed by atoms with E-state index in [1.165, 1.54) is 11.3 Å². The number of fused-ring (bicyclic) bond motifs is 1. The van der Waals surface area contributed by atoms with Crippen molar-refractivity contribution in [3.63, 3.8) is 0 Å². The lowest BCUT2D eigenvalue weighted by molar-refractivity contribution is -0.139. The van der Waals surface area contributed by atoms with Crippen LogP contribution in [0.5, 0.6) is 11.5 Å². The highest BCUT2D eigenvalue weighted by atomic mass is 32.1. The molecule has 172 valence electrons. The van der Waals surface area contributed by atoms with Crippen molar-refractivity contribution in [3.05, 3.63) is 76.6 Å². The van der Waals surface area contributed by atoms with Crippen molar-refractivity contribution in [1.29, 1.82) is 0 Å². The summed E-state index contributed by atoms with van der Waals surface area (Å²) in [7, 11) is 3.10. The number of hydrogen-bond donors (Lipinski definition) is 0. The van der Waals surface area contributed by atoms with E-state index < -0.39 is 12.0 Å². The van der Waals surface area contributed by atoms with E-state index in [-0.39, 0.29) is 12.2 Å². The lowest BCUT2D eigenvalue weighted by atomic mass is 9.95. The van der Waals surface area contributed by atoms with Crippen molar-refractivity contribution < 1.29 is 19.0 Å². The molecule has 1 aromatic carbocycles. The van der Waals surface area contributed by atoms with Crippen LogP contribution < -0.4 is 24.4 Å². The summed E-state index contributed by atoms with van der Waals surface area (Å²) >= 11 is 2.88. The van der Waals surface area contributed by atoms with E-state index in [9.17, 15) is 9.59 Å². The Hall–Kier alpha value is -3.17. The first-order valence-electron chi connectivity index (χ1n) is 10.3. The maximum Gasteiger partial charge on any atom is 0.338 e. The van der Waals surface area contributed by atoms with Crippen LogP contribution in [-0.2, 0) is 9.53 Å². The van der Waals surface area contributed by atoms with E-state index >= 15 is 0 Å². The van der Waals surface area contributed by atoms with E-state index in [2.05, 4.69) is 4.99 Å². The largest absolute Gasteiger partial charge is 0.493 e. The van der Waals surface area contributed by atoms with Crippen molar-refractivity contribution in [1.82, 2.24) is 4.57 Å². The minimum atomic E-state index is -0.702.